The summed E-state index contributed by atoms with van der Waals surface area (Å²) in [5, 5.41) is 3.81. The van der Waals surface area contributed by atoms with Gasteiger partial charge in [0.15, 0.2) is 11.6 Å². The molecule has 1 N–H and O–H groups in total. The van der Waals surface area contributed by atoms with Gasteiger partial charge in [-0.3, -0.25) is 4.90 Å². The summed E-state index contributed by atoms with van der Waals surface area (Å²) in [5.74, 6) is -1.31. The fraction of sp³-hybridized carbons (Fsp3) is 0.238. The molecular weight excluding hydrogens is 410 g/mol. The van der Waals surface area contributed by atoms with Gasteiger partial charge >= 0.3 is 0 Å². The van der Waals surface area contributed by atoms with Gasteiger partial charge in [-0.2, -0.15) is 0 Å². The van der Waals surface area contributed by atoms with Crippen molar-refractivity contribution in [1.29, 1.82) is 0 Å². The maximum absolute atomic E-state index is 14.8. The zero-order chi connectivity index (χ0) is 20.1. The Hall–Kier alpha value is -2.42. The Morgan fingerprint density at radius 3 is 2.93 bits per heavy atom. The van der Waals surface area contributed by atoms with Crippen LogP contribution in [-0.4, -0.2) is 34.0 Å². The maximum Gasteiger partial charge on any atom is 0.176 e. The molecule has 0 saturated heterocycles. The van der Waals surface area contributed by atoms with Crippen LogP contribution < -0.4 is 5.32 Å². The van der Waals surface area contributed by atoms with Crippen LogP contribution in [0.2, 0.25) is 0 Å². The number of fused-ring (bicyclic) bond motifs is 2. The minimum Gasteiger partial charge on any atom is -0.350 e. The summed E-state index contributed by atoms with van der Waals surface area (Å²) in [6, 6.07) is 5.47. The molecule has 0 saturated carbocycles. The smallest absolute Gasteiger partial charge is 0.176 e. The van der Waals surface area contributed by atoms with Gasteiger partial charge in [0.05, 0.1) is 15.9 Å². The molecule has 0 bridgehead atoms. The third-order valence-corrected chi connectivity index (χ3v) is 7.32. The van der Waals surface area contributed by atoms with Gasteiger partial charge < -0.3 is 5.32 Å². The lowest BCUT2D eigenvalue weighted by Crippen LogP contribution is -2.28. The second-order valence-corrected chi connectivity index (χ2v) is 8.90. The molecule has 4 heterocycles. The minimum absolute atomic E-state index is 0.180. The van der Waals surface area contributed by atoms with E-state index in [1.807, 2.05) is 0 Å². The molecule has 1 aliphatic heterocycles. The second-order valence-electron chi connectivity index (χ2n) is 6.98. The molecule has 0 fully saturated rings. The molecule has 4 nitrogen and oxygen atoms in total. The van der Waals surface area contributed by atoms with E-state index in [9.17, 15) is 8.78 Å². The first-order chi connectivity index (χ1) is 14.1. The summed E-state index contributed by atoms with van der Waals surface area (Å²) in [6.45, 7) is 6.29. The number of hydrogen-bond acceptors (Lipinski definition) is 6. The molecule has 1 unspecified atom stereocenters. The number of nitrogens with one attached hydrogen (secondary N) is 1. The first-order valence-corrected chi connectivity index (χ1v) is 11.1. The molecule has 0 spiro atoms. The van der Waals surface area contributed by atoms with Crippen molar-refractivity contribution in [2.45, 2.75) is 19.9 Å². The number of benzene rings is 1. The Kier molecular flexibility index (Phi) is 4.57. The summed E-state index contributed by atoms with van der Waals surface area (Å²) in [4.78, 5) is 12.8. The average molecular weight is 429 g/mol. The third kappa shape index (κ3) is 3.02. The van der Waals surface area contributed by atoms with Crippen LogP contribution in [-0.2, 0) is 0 Å². The van der Waals surface area contributed by atoms with Crippen LogP contribution in [0.15, 0.2) is 36.0 Å². The lowest BCUT2D eigenvalue weighted by molar-refractivity contribution is 0.307. The van der Waals surface area contributed by atoms with Crippen molar-refractivity contribution in [1.82, 2.24) is 14.9 Å². The second kappa shape index (κ2) is 7.12. The normalized spacial score (nSPS) is 17.4. The molecule has 29 heavy (non-hydrogen) atoms. The molecule has 5 rings (SSSR count). The number of nitrogens with zero attached hydrogens (tertiary/aromatic N) is 3. The number of pyridine rings is 1. The van der Waals surface area contributed by atoms with Gasteiger partial charge in [-0.25, -0.2) is 18.7 Å². The number of thiophene rings is 1. The summed E-state index contributed by atoms with van der Waals surface area (Å²) >= 11 is 2.82. The summed E-state index contributed by atoms with van der Waals surface area (Å²) < 4.78 is 29.9. The van der Waals surface area contributed by atoms with Gasteiger partial charge in [0.1, 0.15) is 16.0 Å². The zero-order valence-corrected chi connectivity index (χ0v) is 17.5. The fourth-order valence-electron chi connectivity index (χ4n) is 3.82. The van der Waals surface area contributed by atoms with E-state index < -0.39 is 11.6 Å². The average Bonchev–Trinajstić information content (AvgIpc) is 3.42. The molecule has 8 heteroatoms. The van der Waals surface area contributed by atoms with E-state index >= 15 is 0 Å². The van der Waals surface area contributed by atoms with E-state index in [-0.39, 0.29) is 11.2 Å². The summed E-state index contributed by atoms with van der Waals surface area (Å²) in [7, 11) is 0. The van der Waals surface area contributed by atoms with E-state index in [1.165, 1.54) is 28.5 Å². The van der Waals surface area contributed by atoms with Crippen molar-refractivity contribution in [2.24, 2.45) is 0 Å². The quantitative estimate of drug-likeness (QED) is 0.431. The van der Waals surface area contributed by atoms with Gasteiger partial charge in [0, 0.05) is 29.0 Å². The molecule has 1 aromatic carbocycles. The Bertz CT molecular complexity index is 1260. The van der Waals surface area contributed by atoms with Gasteiger partial charge in [0.25, 0.3) is 0 Å². The number of rotatable bonds is 4. The highest BCUT2D eigenvalue weighted by atomic mass is 32.1. The monoisotopic (exact) mass is 428 g/mol. The standard InChI is InChI=1S/C21H18F2N4S2/c1-3-27-7-5-12(11(27)2)16-8-13-15(4-6-24-21(13)29-16)26-19-14(22)9-17-20(18(19)23)25-10-28-17/h4-6,8-11H,3,7H2,1-2H3,(H,24,26). The van der Waals surface area contributed by atoms with Crippen LogP contribution in [0.1, 0.15) is 18.7 Å². The van der Waals surface area contributed by atoms with Gasteiger partial charge in [-0.1, -0.05) is 13.0 Å². The fourth-order valence-corrected chi connectivity index (χ4v) is 5.67. The van der Waals surface area contributed by atoms with Crippen molar-refractivity contribution in [3.8, 4) is 0 Å². The molecular formula is C21H18F2N4S2. The van der Waals surface area contributed by atoms with Crippen LogP contribution in [0.25, 0.3) is 26.0 Å². The Morgan fingerprint density at radius 2 is 2.14 bits per heavy atom. The van der Waals surface area contributed by atoms with Gasteiger partial charge in [0.2, 0.25) is 0 Å². The molecule has 3 aromatic heterocycles. The molecule has 1 atom stereocenters. The number of likely N-dealkylation sites (N-methyl/N-ethyl adjacent to an activating group) is 1. The maximum atomic E-state index is 14.8. The molecule has 0 aliphatic carbocycles. The Morgan fingerprint density at radius 1 is 1.28 bits per heavy atom. The summed E-state index contributed by atoms with van der Waals surface area (Å²) in [6.07, 6.45) is 3.91. The highest BCUT2D eigenvalue weighted by molar-refractivity contribution is 7.19. The molecule has 148 valence electrons. The minimum atomic E-state index is -0.674. The van der Waals surface area contributed by atoms with Crippen molar-refractivity contribution in [3.63, 3.8) is 0 Å². The van der Waals surface area contributed by atoms with Crippen LogP contribution in [0.3, 0.4) is 0 Å². The lowest BCUT2D eigenvalue weighted by atomic mass is 10.1. The molecule has 4 aromatic rings. The first kappa shape index (κ1) is 18.6. The van der Waals surface area contributed by atoms with E-state index in [0.717, 1.165) is 28.2 Å². The Balaban J connectivity index is 1.56. The van der Waals surface area contributed by atoms with Crippen molar-refractivity contribution in [2.75, 3.05) is 18.4 Å². The number of anilines is 2. The first-order valence-electron chi connectivity index (χ1n) is 9.38. The largest absolute Gasteiger partial charge is 0.350 e. The number of aromatic nitrogens is 2. The van der Waals surface area contributed by atoms with Gasteiger partial charge in [-0.05, 0) is 37.2 Å². The van der Waals surface area contributed by atoms with E-state index in [2.05, 4.69) is 46.2 Å². The SMILES string of the molecule is CCN1CC=C(c2cc3c(Nc4c(F)cc5scnc5c4F)ccnc3s2)C1C. The van der Waals surface area contributed by atoms with Crippen LogP contribution in [0, 0.1) is 11.6 Å². The van der Waals surface area contributed by atoms with Gasteiger partial charge in [-0.15, -0.1) is 22.7 Å². The molecule has 1 aliphatic rings. The number of halogens is 2. The Labute approximate surface area is 174 Å². The molecule has 0 radical (unpaired) electrons. The summed E-state index contributed by atoms with van der Waals surface area (Å²) in [5.41, 5.74) is 3.42. The van der Waals surface area contributed by atoms with E-state index in [1.54, 1.807) is 23.6 Å². The number of hydrogen-bond donors (Lipinski definition) is 1. The predicted molar refractivity (Wildman–Crippen MR) is 117 cm³/mol. The van der Waals surface area contributed by atoms with Crippen molar-refractivity contribution < 1.29 is 8.78 Å². The topological polar surface area (TPSA) is 41.0 Å². The van der Waals surface area contributed by atoms with E-state index in [4.69, 9.17) is 0 Å². The van der Waals surface area contributed by atoms with Crippen molar-refractivity contribution in [3.05, 3.63) is 52.5 Å². The number of thiazole rings is 1. The third-order valence-electron chi connectivity index (χ3n) is 5.45. The van der Waals surface area contributed by atoms with Crippen LogP contribution in [0.4, 0.5) is 20.2 Å². The van der Waals surface area contributed by atoms with Crippen LogP contribution in [0.5, 0.6) is 0 Å². The highest BCUT2D eigenvalue weighted by Crippen LogP contribution is 2.39. The lowest BCUT2D eigenvalue weighted by Gasteiger charge is -2.21. The predicted octanol–water partition coefficient (Wildman–Crippen LogP) is 6.04. The van der Waals surface area contributed by atoms with E-state index in [0.29, 0.717) is 16.4 Å². The highest BCUT2D eigenvalue weighted by Gasteiger charge is 2.25. The molecule has 0 amide bonds. The van der Waals surface area contributed by atoms with Crippen molar-refractivity contribution >= 4 is 60.1 Å². The zero-order valence-electron chi connectivity index (χ0n) is 15.9. The van der Waals surface area contributed by atoms with Crippen LogP contribution >= 0.6 is 22.7 Å².